The maximum atomic E-state index is 13.4. The first-order valence-corrected chi connectivity index (χ1v) is 7.65. The lowest BCUT2D eigenvalue weighted by Gasteiger charge is -2.36. The number of nitrogens with zero attached hydrogens (tertiary/aromatic N) is 1. The number of nitrogens with one attached hydrogen (secondary N) is 1. The second-order valence-electron chi connectivity index (χ2n) is 5.98. The van der Waals surface area contributed by atoms with Gasteiger partial charge >= 0.3 is 0 Å². The Morgan fingerprint density at radius 1 is 1.43 bits per heavy atom. The quantitative estimate of drug-likeness (QED) is 0.665. The van der Waals surface area contributed by atoms with Crippen LogP contribution in [-0.4, -0.2) is 18.0 Å². The van der Waals surface area contributed by atoms with Crippen molar-refractivity contribution < 1.29 is 9.31 Å². The van der Waals surface area contributed by atoms with Crippen molar-refractivity contribution in [2.75, 3.05) is 7.05 Å². The molecular formula is C16H23FN2O2. The van der Waals surface area contributed by atoms with Gasteiger partial charge in [0.1, 0.15) is 5.82 Å². The van der Waals surface area contributed by atoms with Crippen LogP contribution in [0.1, 0.15) is 38.2 Å². The minimum atomic E-state index is -0.413. The van der Waals surface area contributed by atoms with Gasteiger partial charge in [-0.25, -0.2) is 4.39 Å². The fourth-order valence-electron chi connectivity index (χ4n) is 3.52. The summed E-state index contributed by atoms with van der Waals surface area (Å²) in [6.07, 6.45) is 5.04. The molecule has 0 saturated heterocycles. The maximum Gasteiger partial charge on any atom is 0.272 e. The van der Waals surface area contributed by atoms with Gasteiger partial charge in [-0.15, -0.1) is 0 Å². The van der Waals surface area contributed by atoms with Crippen molar-refractivity contribution in [2.24, 2.45) is 11.8 Å². The molecule has 0 amide bonds. The lowest BCUT2D eigenvalue weighted by Crippen LogP contribution is -2.39. The van der Waals surface area contributed by atoms with Crippen molar-refractivity contribution in [1.29, 1.82) is 0 Å². The normalized spacial score (nSPS) is 25.8. The molecule has 4 nitrogen and oxygen atoms in total. The van der Waals surface area contributed by atoms with Crippen LogP contribution in [0.3, 0.4) is 0 Å². The molecule has 0 aliphatic heterocycles. The van der Waals surface area contributed by atoms with Crippen LogP contribution in [0, 0.1) is 27.8 Å². The van der Waals surface area contributed by atoms with Crippen molar-refractivity contribution in [3.63, 3.8) is 0 Å². The molecule has 2 rings (SSSR count). The van der Waals surface area contributed by atoms with E-state index in [1.165, 1.54) is 18.6 Å². The molecule has 3 atom stereocenters. The molecule has 116 valence electrons. The Morgan fingerprint density at radius 3 is 2.81 bits per heavy atom. The summed E-state index contributed by atoms with van der Waals surface area (Å²) < 4.78 is 13.4. The van der Waals surface area contributed by atoms with Gasteiger partial charge < -0.3 is 5.32 Å². The van der Waals surface area contributed by atoms with Gasteiger partial charge in [0.15, 0.2) is 0 Å². The van der Waals surface area contributed by atoms with Crippen LogP contribution < -0.4 is 5.32 Å². The van der Waals surface area contributed by atoms with Gasteiger partial charge in [0.25, 0.3) is 5.69 Å². The zero-order valence-corrected chi connectivity index (χ0v) is 12.6. The van der Waals surface area contributed by atoms with Gasteiger partial charge in [0.2, 0.25) is 0 Å². The largest absolute Gasteiger partial charge is 0.317 e. The van der Waals surface area contributed by atoms with Crippen LogP contribution >= 0.6 is 0 Å². The number of nitro groups is 1. The number of hydrogen-bond acceptors (Lipinski definition) is 3. The van der Waals surface area contributed by atoms with E-state index < -0.39 is 10.7 Å². The highest BCUT2D eigenvalue weighted by molar-refractivity contribution is 5.40. The highest BCUT2D eigenvalue weighted by atomic mass is 19.1. The van der Waals surface area contributed by atoms with Crippen molar-refractivity contribution in [3.05, 3.63) is 39.7 Å². The highest BCUT2D eigenvalue weighted by Gasteiger charge is 2.30. The average molecular weight is 294 g/mol. The summed E-state index contributed by atoms with van der Waals surface area (Å²) in [6, 6.07) is 4.11. The van der Waals surface area contributed by atoms with Crippen molar-refractivity contribution in [1.82, 2.24) is 5.32 Å². The second kappa shape index (κ2) is 6.98. The smallest absolute Gasteiger partial charge is 0.272 e. The molecule has 1 aromatic carbocycles. The summed E-state index contributed by atoms with van der Waals surface area (Å²) >= 11 is 0. The Bertz CT molecular complexity index is 507. The SMILES string of the molecule is CCC1CCC(NC)C(Cc2cc(F)ccc2[N+](=O)[O-])C1. The lowest BCUT2D eigenvalue weighted by atomic mass is 9.74. The zero-order chi connectivity index (χ0) is 15.4. The van der Waals surface area contributed by atoms with Crippen molar-refractivity contribution in [2.45, 2.75) is 45.1 Å². The molecule has 0 aromatic heterocycles. The number of rotatable bonds is 5. The monoisotopic (exact) mass is 294 g/mol. The molecule has 21 heavy (non-hydrogen) atoms. The first-order chi connectivity index (χ1) is 10.0. The van der Waals surface area contributed by atoms with Crippen LogP contribution in [0.15, 0.2) is 18.2 Å². The predicted molar refractivity (Wildman–Crippen MR) is 80.7 cm³/mol. The highest BCUT2D eigenvalue weighted by Crippen LogP contribution is 2.35. The van der Waals surface area contributed by atoms with E-state index in [9.17, 15) is 14.5 Å². The maximum absolute atomic E-state index is 13.4. The molecule has 0 bridgehead atoms. The van der Waals surface area contributed by atoms with E-state index >= 15 is 0 Å². The van der Waals surface area contributed by atoms with Crippen LogP contribution in [0.25, 0.3) is 0 Å². The molecule has 0 spiro atoms. The van der Waals surface area contributed by atoms with Gasteiger partial charge in [-0.3, -0.25) is 10.1 Å². The Morgan fingerprint density at radius 2 is 2.19 bits per heavy atom. The van der Waals surface area contributed by atoms with E-state index in [0.717, 1.165) is 25.3 Å². The molecule has 0 heterocycles. The number of nitro benzene ring substituents is 1. The molecule has 1 aromatic rings. The Hall–Kier alpha value is -1.49. The van der Waals surface area contributed by atoms with Crippen LogP contribution in [0.2, 0.25) is 0 Å². The number of benzene rings is 1. The summed E-state index contributed by atoms with van der Waals surface area (Å²) in [7, 11) is 1.93. The standard InChI is InChI=1S/C16H23FN2O2/c1-3-11-4-6-15(18-2)12(8-11)9-13-10-14(17)5-7-16(13)19(20)21/h5,7,10-12,15,18H,3-4,6,8-9H2,1-2H3. The summed E-state index contributed by atoms with van der Waals surface area (Å²) in [6.45, 7) is 2.19. The third kappa shape index (κ3) is 3.79. The minimum Gasteiger partial charge on any atom is -0.317 e. The van der Waals surface area contributed by atoms with Crippen molar-refractivity contribution in [3.8, 4) is 0 Å². The van der Waals surface area contributed by atoms with Gasteiger partial charge in [0.05, 0.1) is 4.92 Å². The third-order valence-corrected chi connectivity index (χ3v) is 4.76. The summed E-state index contributed by atoms with van der Waals surface area (Å²) in [5, 5.41) is 14.4. The van der Waals surface area contributed by atoms with E-state index in [-0.39, 0.29) is 5.69 Å². The van der Waals surface area contributed by atoms with E-state index in [0.29, 0.717) is 29.9 Å². The molecular weight excluding hydrogens is 271 g/mol. The average Bonchev–Trinajstić information content (AvgIpc) is 2.47. The molecule has 1 N–H and O–H groups in total. The van der Waals surface area contributed by atoms with Crippen LogP contribution in [0.4, 0.5) is 10.1 Å². The first kappa shape index (κ1) is 15.9. The minimum absolute atomic E-state index is 0.0323. The first-order valence-electron chi connectivity index (χ1n) is 7.65. The van der Waals surface area contributed by atoms with E-state index in [4.69, 9.17) is 0 Å². The second-order valence-corrected chi connectivity index (χ2v) is 5.98. The van der Waals surface area contributed by atoms with Gasteiger partial charge in [-0.05, 0) is 56.7 Å². The number of hydrogen-bond donors (Lipinski definition) is 1. The molecule has 1 aliphatic carbocycles. The summed E-state index contributed by atoms with van der Waals surface area (Å²) in [5.74, 6) is 0.598. The van der Waals surface area contributed by atoms with Gasteiger partial charge in [-0.1, -0.05) is 13.3 Å². The fraction of sp³-hybridized carbons (Fsp3) is 0.625. The Balaban J connectivity index is 2.22. The summed E-state index contributed by atoms with van der Waals surface area (Å²) in [4.78, 5) is 10.7. The van der Waals surface area contributed by atoms with E-state index in [2.05, 4.69) is 12.2 Å². The van der Waals surface area contributed by atoms with Gasteiger partial charge in [0, 0.05) is 17.7 Å². The molecule has 0 radical (unpaired) electrons. The zero-order valence-electron chi connectivity index (χ0n) is 12.6. The Kier molecular flexibility index (Phi) is 5.28. The molecule has 1 saturated carbocycles. The van der Waals surface area contributed by atoms with E-state index in [1.54, 1.807) is 0 Å². The molecule has 5 heteroatoms. The van der Waals surface area contributed by atoms with Crippen molar-refractivity contribution >= 4 is 5.69 Å². The predicted octanol–water partition coefficient (Wildman–Crippen LogP) is 3.69. The molecule has 1 fully saturated rings. The van der Waals surface area contributed by atoms with Gasteiger partial charge in [-0.2, -0.15) is 0 Å². The van der Waals surface area contributed by atoms with Crippen LogP contribution in [0.5, 0.6) is 0 Å². The third-order valence-electron chi connectivity index (χ3n) is 4.76. The van der Waals surface area contributed by atoms with Crippen LogP contribution in [-0.2, 0) is 6.42 Å². The summed E-state index contributed by atoms with van der Waals surface area (Å²) in [5.41, 5.74) is 0.548. The fourth-order valence-corrected chi connectivity index (χ4v) is 3.52. The Labute approximate surface area is 124 Å². The lowest BCUT2D eigenvalue weighted by molar-refractivity contribution is -0.385. The number of halogens is 1. The van der Waals surface area contributed by atoms with E-state index in [1.807, 2.05) is 7.05 Å². The topological polar surface area (TPSA) is 55.2 Å². The molecule has 1 aliphatic rings. The molecule has 3 unspecified atom stereocenters.